The zero-order valence-electron chi connectivity index (χ0n) is 17.1. The van der Waals surface area contributed by atoms with Crippen molar-refractivity contribution < 1.29 is 9.47 Å². The molecule has 0 aromatic carbocycles. The SMILES string of the molecule is CCCCC#CCCOC(CCCCCCBr)OCCC#CCCCC. The van der Waals surface area contributed by atoms with Crippen LogP contribution in [-0.2, 0) is 9.47 Å². The van der Waals surface area contributed by atoms with Crippen LogP contribution in [0.1, 0.15) is 97.3 Å². The lowest BCUT2D eigenvalue weighted by Gasteiger charge is -2.17. The first-order valence-electron chi connectivity index (χ1n) is 10.6. The molecule has 0 spiro atoms. The molecule has 0 rings (SSSR count). The molecule has 0 atom stereocenters. The number of halogens is 1. The van der Waals surface area contributed by atoms with E-state index in [9.17, 15) is 0 Å². The van der Waals surface area contributed by atoms with Gasteiger partial charge in [-0.05, 0) is 32.1 Å². The average molecular weight is 427 g/mol. The Morgan fingerprint density at radius 3 is 1.65 bits per heavy atom. The second-order valence-corrected chi connectivity index (χ2v) is 7.27. The maximum atomic E-state index is 5.92. The third-order valence-corrected chi connectivity index (χ3v) is 4.51. The first kappa shape index (κ1) is 25.5. The molecule has 0 heterocycles. The van der Waals surface area contributed by atoms with Crippen LogP contribution in [0, 0.1) is 23.7 Å². The van der Waals surface area contributed by atoms with Crippen molar-refractivity contribution in [2.45, 2.75) is 104 Å². The van der Waals surface area contributed by atoms with Crippen molar-refractivity contribution in [2.24, 2.45) is 0 Å². The normalized spacial score (nSPS) is 10.3. The summed E-state index contributed by atoms with van der Waals surface area (Å²) in [5.41, 5.74) is 0. The van der Waals surface area contributed by atoms with Crippen molar-refractivity contribution in [3.05, 3.63) is 0 Å². The van der Waals surface area contributed by atoms with Gasteiger partial charge in [-0.25, -0.2) is 0 Å². The van der Waals surface area contributed by atoms with Gasteiger partial charge in [-0.2, -0.15) is 0 Å². The summed E-state index contributed by atoms with van der Waals surface area (Å²) in [6, 6.07) is 0. The summed E-state index contributed by atoms with van der Waals surface area (Å²) in [4.78, 5) is 0. The van der Waals surface area contributed by atoms with Gasteiger partial charge in [-0.15, -0.1) is 23.7 Å². The second-order valence-electron chi connectivity index (χ2n) is 6.48. The van der Waals surface area contributed by atoms with Crippen molar-refractivity contribution in [2.75, 3.05) is 18.5 Å². The van der Waals surface area contributed by atoms with Crippen LogP contribution in [0.15, 0.2) is 0 Å². The third kappa shape index (κ3) is 19.8. The summed E-state index contributed by atoms with van der Waals surface area (Å²) in [6.45, 7) is 5.71. The molecule has 0 saturated carbocycles. The monoisotopic (exact) mass is 426 g/mol. The molecule has 150 valence electrons. The largest absolute Gasteiger partial charge is 0.352 e. The Bertz CT molecular complexity index is 368. The van der Waals surface area contributed by atoms with Gasteiger partial charge in [-0.1, -0.05) is 55.5 Å². The summed E-state index contributed by atoms with van der Waals surface area (Å²) in [5.74, 6) is 12.8. The lowest BCUT2D eigenvalue weighted by Crippen LogP contribution is -2.18. The summed E-state index contributed by atoms with van der Waals surface area (Å²) in [5, 5.41) is 1.09. The minimum Gasteiger partial charge on any atom is -0.352 e. The fourth-order valence-corrected chi connectivity index (χ4v) is 2.74. The molecule has 0 aromatic rings. The molecule has 0 aliphatic carbocycles. The molecule has 3 heteroatoms. The zero-order chi connectivity index (χ0) is 19.1. The summed E-state index contributed by atoms with van der Waals surface area (Å²) >= 11 is 3.48. The number of alkyl halides is 1. The average Bonchev–Trinajstić information content (AvgIpc) is 2.65. The Morgan fingerprint density at radius 1 is 0.654 bits per heavy atom. The van der Waals surface area contributed by atoms with E-state index in [1.807, 2.05) is 0 Å². The minimum absolute atomic E-state index is 0.103. The van der Waals surface area contributed by atoms with E-state index >= 15 is 0 Å². The molecule has 0 aliphatic rings. The molecule has 0 fully saturated rings. The highest BCUT2D eigenvalue weighted by atomic mass is 79.9. The quantitative estimate of drug-likeness (QED) is 0.116. The number of hydrogen-bond acceptors (Lipinski definition) is 2. The van der Waals surface area contributed by atoms with Crippen LogP contribution in [0.3, 0.4) is 0 Å². The highest BCUT2D eigenvalue weighted by molar-refractivity contribution is 9.09. The molecular weight excluding hydrogens is 388 g/mol. The topological polar surface area (TPSA) is 18.5 Å². The Morgan fingerprint density at radius 2 is 1.15 bits per heavy atom. The summed E-state index contributed by atoms with van der Waals surface area (Å²) < 4.78 is 11.8. The van der Waals surface area contributed by atoms with E-state index in [1.54, 1.807) is 0 Å². The van der Waals surface area contributed by atoms with E-state index in [0.717, 1.165) is 43.9 Å². The van der Waals surface area contributed by atoms with Crippen LogP contribution in [0.25, 0.3) is 0 Å². The Labute approximate surface area is 171 Å². The van der Waals surface area contributed by atoms with Gasteiger partial charge >= 0.3 is 0 Å². The number of ether oxygens (including phenoxy) is 2. The van der Waals surface area contributed by atoms with Crippen LogP contribution in [0.2, 0.25) is 0 Å². The molecule has 0 N–H and O–H groups in total. The van der Waals surface area contributed by atoms with Crippen LogP contribution >= 0.6 is 15.9 Å². The van der Waals surface area contributed by atoms with Crippen molar-refractivity contribution >= 4 is 15.9 Å². The van der Waals surface area contributed by atoms with Gasteiger partial charge in [0, 0.05) is 31.0 Å². The Kier molecular flexibility index (Phi) is 22.1. The fourth-order valence-electron chi connectivity index (χ4n) is 2.34. The van der Waals surface area contributed by atoms with Crippen molar-refractivity contribution in [3.8, 4) is 23.7 Å². The number of unbranched alkanes of at least 4 members (excludes halogenated alkanes) is 7. The summed E-state index contributed by atoms with van der Waals surface area (Å²) in [6.07, 6.45) is 14.1. The van der Waals surface area contributed by atoms with E-state index in [4.69, 9.17) is 9.47 Å². The van der Waals surface area contributed by atoms with Crippen LogP contribution < -0.4 is 0 Å². The van der Waals surface area contributed by atoms with E-state index in [1.165, 1.54) is 44.9 Å². The predicted molar refractivity (Wildman–Crippen MR) is 116 cm³/mol. The third-order valence-electron chi connectivity index (χ3n) is 3.95. The predicted octanol–water partition coefficient (Wildman–Crippen LogP) is 6.86. The van der Waals surface area contributed by atoms with E-state index in [-0.39, 0.29) is 6.29 Å². The number of rotatable bonds is 16. The fraction of sp³-hybridized carbons (Fsp3) is 0.826. The van der Waals surface area contributed by atoms with Gasteiger partial charge in [0.2, 0.25) is 0 Å². The van der Waals surface area contributed by atoms with Gasteiger partial charge < -0.3 is 9.47 Å². The van der Waals surface area contributed by atoms with Gasteiger partial charge in [0.1, 0.15) is 0 Å². The second kappa shape index (κ2) is 22.6. The maximum absolute atomic E-state index is 5.92. The smallest absolute Gasteiger partial charge is 0.157 e. The van der Waals surface area contributed by atoms with E-state index in [2.05, 4.69) is 53.5 Å². The maximum Gasteiger partial charge on any atom is 0.157 e. The Balaban J connectivity index is 3.98. The van der Waals surface area contributed by atoms with Gasteiger partial charge in [-0.3, -0.25) is 0 Å². The Hall–Kier alpha value is -0.480. The van der Waals surface area contributed by atoms with Crippen molar-refractivity contribution in [3.63, 3.8) is 0 Å². The van der Waals surface area contributed by atoms with Gasteiger partial charge in [0.25, 0.3) is 0 Å². The first-order valence-corrected chi connectivity index (χ1v) is 11.7. The zero-order valence-corrected chi connectivity index (χ0v) is 18.7. The van der Waals surface area contributed by atoms with Crippen LogP contribution in [0.5, 0.6) is 0 Å². The standard InChI is InChI=1S/C23H39BrO2/c1-3-5-7-9-13-17-21-25-23(19-15-11-12-16-20-24)26-22-18-14-10-8-6-4-2/h23H,3-8,11-12,15-22H2,1-2H3. The van der Waals surface area contributed by atoms with E-state index < -0.39 is 0 Å². The van der Waals surface area contributed by atoms with Crippen LogP contribution in [-0.4, -0.2) is 24.8 Å². The summed E-state index contributed by atoms with van der Waals surface area (Å²) in [7, 11) is 0. The number of hydrogen-bond donors (Lipinski definition) is 0. The molecular formula is C23H39BrO2. The molecule has 0 unspecified atom stereocenters. The van der Waals surface area contributed by atoms with Gasteiger partial charge in [0.05, 0.1) is 13.2 Å². The molecule has 0 radical (unpaired) electrons. The lowest BCUT2D eigenvalue weighted by atomic mass is 10.1. The molecule has 0 aliphatic heterocycles. The molecule has 0 bridgehead atoms. The molecule has 0 aromatic heterocycles. The lowest BCUT2D eigenvalue weighted by molar-refractivity contribution is -0.144. The molecule has 0 amide bonds. The van der Waals surface area contributed by atoms with Gasteiger partial charge in [0.15, 0.2) is 6.29 Å². The highest BCUT2D eigenvalue weighted by Crippen LogP contribution is 2.11. The molecule has 0 saturated heterocycles. The van der Waals surface area contributed by atoms with Crippen LogP contribution in [0.4, 0.5) is 0 Å². The first-order chi connectivity index (χ1) is 12.8. The van der Waals surface area contributed by atoms with E-state index in [0.29, 0.717) is 13.2 Å². The minimum atomic E-state index is -0.103. The molecule has 26 heavy (non-hydrogen) atoms. The van der Waals surface area contributed by atoms with Crippen molar-refractivity contribution in [1.29, 1.82) is 0 Å². The van der Waals surface area contributed by atoms with Crippen molar-refractivity contribution in [1.82, 2.24) is 0 Å². The molecule has 2 nitrogen and oxygen atoms in total. The highest BCUT2D eigenvalue weighted by Gasteiger charge is 2.08.